The zero-order valence-corrected chi connectivity index (χ0v) is 12.7. The maximum atomic E-state index is 6.21. The predicted molar refractivity (Wildman–Crippen MR) is 74.3 cm³/mol. The van der Waals surface area contributed by atoms with E-state index in [0.717, 1.165) is 6.42 Å². The average Bonchev–Trinajstić information content (AvgIpc) is 2.11. The first-order valence-electron chi connectivity index (χ1n) is 7.29. The second-order valence-corrected chi connectivity index (χ2v) is 7.03. The van der Waals surface area contributed by atoms with Gasteiger partial charge in [-0.25, -0.2) is 0 Å². The van der Waals surface area contributed by atoms with Crippen molar-refractivity contribution in [1.29, 1.82) is 0 Å². The second-order valence-electron chi connectivity index (χ2n) is 7.03. The van der Waals surface area contributed by atoms with E-state index in [0.29, 0.717) is 23.9 Å². The fourth-order valence-electron chi connectivity index (χ4n) is 3.84. The fourth-order valence-corrected chi connectivity index (χ4v) is 3.84. The number of ether oxygens (including phenoxy) is 2. The van der Waals surface area contributed by atoms with Gasteiger partial charge in [0.1, 0.15) is 0 Å². The molecule has 0 N–H and O–H groups in total. The molecule has 2 rings (SSSR count). The molecule has 1 saturated heterocycles. The van der Waals surface area contributed by atoms with Crippen molar-refractivity contribution in [1.82, 2.24) is 0 Å². The maximum absolute atomic E-state index is 6.21. The Kier molecular flexibility index (Phi) is 3.89. The summed E-state index contributed by atoms with van der Waals surface area (Å²) in [6.07, 6.45) is 4.80. The van der Waals surface area contributed by atoms with Crippen LogP contribution in [0.5, 0.6) is 0 Å². The van der Waals surface area contributed by atoms with Crippen LogP contribution in [0.4, 0.5) is 0 Å². The highest BCUT2D eigenvalue weighted by molar-refractivity contribution is 5.09. The van der Waals surface area contributed by atoms with Crippen LogP contribution >= 0.6 is 0 Å². The SMILES string of the molecule is CC1=C[C@H](C)[C@H]([C@@H]2O[C@H](C)CC(C)(C)O2)[C@H](C)C1. The van der Waals surface area contributed by atoms with Gasteiger partial charge in [0.05, 0.1) is 11.7 Å². The van der Waals surface area contributed by atoms with Gasteiger partial charge in [0.15, 0.2) is 6.29 Å². The van der Waals surface area contributed by atoms with Gasteiger partial charge in [-0.3, -0.25) is 0 Å². The molecular weight excluding hydrogens is 224 g/mol. The predicted octanol–water partition coefficient (Wildman–Crippen LogP) is 4.15. The van der Waals surface area contributed by atoms with Crippen molar-refractivity contribution in [3.63, 3.8) is 0 Å². The molecule has 0 unspecified atom stereocenters. The molecule has 0 aromatic rings. The molecule has 0 saturated carbocycles. The zero-order chi connectivity index (χ0) is 13.5. The van der Waals surface area contributed by atoms with Gasteiger partial charge in [0, 0.05) is 12.3 Å². The minimum atomic E-state index is -0.0576. The summed E-state index contributed by atoms with van der Waals surface area (Å²) >= 11 is 0. The standard InChI is InChI=1S/C16H28O2/c1-10-7-11(2)14(12(3)8-10)15-17-13(4)9-16(5,6)18-15/h7,11-15H,8-9H2,1-6H3/t11-,12+,13+,14-,15+/m0/s1. The zero-order valence-electron chi connectivity index (χ0n) is 12.7. The Hall–Kier alpha value is -0.340. The lowest BCUT2D eigenvalue weighted by Gasteiger charge is -2.46. The molecule has 5 atom stereocenters. The lowest BCUT2D eigenvalue weighted by atomic mass is 9.74. The van der Waals surface area contributed by atoms with Crippen LogP contribution in [0.15, 0.2) is 11.6 Å². The highest BCUT2D eigenvalue weighted by Crippen LogP contribution is 2.41. The third-order valence-corrected chi connectivity index (χ3v) is 4.35. The average molecular weight is 252 g/mol. The molecule has 1 aliphatic heterocycles. The van der Waals surface area contributed by atoms with Crippen LogP contribution in [0.1, 0.15) is 54.4 Å². The minimum Gasteiger partial charge on any atom is -0.349 e. The quantitative estimate of drug-likeness (QED) is 0.653. The van der Waals surface area contributed by atoms with E-state index < -0.39 is 0 Å². The first-order valence-corrected chi connectivity index (χ1v) is 7.29. The summed E-state index contributed by atoms with van der Waals surface area (Å²) in [5, 5.41) is 0. The van der Waals surface area contributed by atoms with Crippen LogP contribution in [0.25, 0.3) is 0 Å². The first-order chi connectivity index (χ1) is 8.28. The Bertz CT molecular complexity index is 332. The lowest BCUT2D eigenvalue weighted by molar-refractivity contribution is -0.296. The number of rotatable bonds is 1. The Morgan fingerprint density at radius 1 is 1.22 bits per heavy atom. The fraction of sp³-hybridized carbons (Fsp3) is 0.875. The second kappa shape index (κ2) is 4.97. The van der Waals surface area contributed by atoms with Gasteiger partial charge in [-0.2, -0.15) is 0 Å². The molecule has 2 aliphatic rings. The van der Waals surface area contributed by atoms with Crippen molar-refractivity contribution in [2.45, 2.75) is 72.4 Å². The van der Waals surface area contributed by atoms with Crippen LogP contribution in [0.3, 0.4) is 0 Å². The van der Waals surface area contributed by atoms with Gasteiger partial charge in [0.2, 0.25) is 0 Å². The van der Waals surface area contributed by atoms with Gasteiger partial charge < -0.3 is 9.47 Å². The lowest BCUT2D eigenvalue weighted by Crippen LogP contribution is -2.49. The van der Waals surface area contributed by atoms with Gasteiger partial charge in [-0.05, 0) is 46.0 Å². The Balaban J connectivity index is 2.15. The molecule has 0 radical (unpaired) electrons. The molecule has 2 nitrogen and oxygen atoms in total. The molecule has 1 fully saturated rings. The van der Waals surface area contributed by atoms with Crippen LogP contribution < -0.4 is 0 Å². The molecule has 2 heteroatoms. The van der Waals surface area contributed by atoms with Crippen LogP contribution in [-0.2, 0) is 9.47 Å². The molecule has 1 aliphatic carbocycles. The summed E-state index contributed by atoms with van der Waals surface area (Å²) in [4.78, 5) is 0. The topological polar surface area (TPSA) is 18.5 Å². The van der Waals surface area contributed by atoms with Crippen molar-refractivity contribution in [3.05, 3.63) is 11.6 Å². The number of allylic oxidation sites excluding steroid dienone is 2. The Morgan fingerprint density at radius 2 is 1.89 bits per heavy atom. The van der Waals surface area contributed by atoms with Crippen molar-refractivity contribution < 1.29 is 9.47 Å². The number of hydrogen-bond donors (Lipinski definition) is 0. The monoisotopic (exact) mass is 252 g/mol. The molecule has 0 spiro atoms. The van der Waals surface area contributed by atoms with Crippen LogP contribution in [0, 0.1) is 17.8 Å². The van der Waals surface area contributed by atoms with E-state index in [9.17, 15) is 0 Å². The highest BCUT2D eigenvalue weighted by atomic mass is 16.7. The number of hydrogen-bond acceptors (Lipinski definition) is 2. The smallest absolute Gasteiger partial charge is 0.162 e. The van der Waals surface area contributed by atoms with E-state index in [1.54, 1.807) is 0 Å². The van der Waals surface area contributed by atoms with Gasteiger partial charge >= 0.3 is 0 Å². The van der Waals surface area contributed by atoms with Crippen molar-refractivity contribution in [3.8, 4) is 0 Å². The molecule has 0 bridgehead atoms. The van der Waals surface area contributed by atoms with Crippen molar-refractivity contribution >= 4 is 0 Å². The maximum Gasteiger partial charge on any atom is 0.162 e. The van der Waals surface area contributed by atoms with E-state index in [-0.39, 0.29) is 11.9 Å². The summed E-state index contributed by atoms with van der Waals surface area (Å²) in [6, 6.07) is 0. The van der Waals surface area contributed by atoms with E-state index in [4.69, 9.17) is 9.47 Å². The molecular formula is C16H28O2. The summed E-state index contributed by atoms with van der Waals surface area (Å²) in [7, 11) is 0. The highest BCUT2D eigenvalue weighted by Gasteiger charge is 2.42. The van der Waals surface area contributed by atoms with Crippen molar-refractivity contribution in [2.24, 2.45) is 17.8 Å². The van der Waals surface area contributed by atoms with E-state index >= 15 is 0 Å². The third-order valence-electron chi connectivity index (χ3n) is 4.35. The molecule has 1 heterocycles. The third kappa shape index (κ3) is 2.97. The Morgan fingerprint density at radius 3 is 2.44 bits per heavy atom. The molecule has 0 aromatic heterocycles. The first kappa shape index (κ1) is 14.1. The van der Waals surface area contributed by atoms with Crippen molar-refractivity contribution in [2.75, 3.05) is 0 Å². The van der Waals surface area contributed by atoms with E-state index in [1.165, 1.54) is 12.0 Å². The van der Waals surface area contributed by atoms with E-state index in [2.05, 4.69) is 47.6 Å². The summed E-state index contributed by atoms with van der Waals surface area (Å²) in [5.74, 6) is 1.66. The van der Waals surface area contributed by atoms with Crippen LogP contribution in [0.2, 0.25) is 0 Å². The molecule has 18 heavy (non-hydrogen) atoms. The Labute approximate surface area is 112 Å². The minimum absolute atomic E-state index is 0.0434. The molecule has 0 aromatic carbocycles. The summed E-state index contributed by atoms with van der Waals surface area (Å²) in [6.45, 7) is 13.4. The summed E-state index contributed by atoms with van der Waals surface area (Å²) < 4.78 is 12.3. The van der Waals surface area contributed by atoms with E-state index in [1.807, 2.05) is 0 Å². The largest absolute Gasteiger partial charge is 0.349 e. The van der Waals surface area contributed by atoms with Gasteiger partial charge in [-0.1, -0.05) is 25.5 Å². The molecule has 0 amide bonds. The molecule has 104 valence electrons. The summed E-state index contributed by atoms with van der Waals surface area (Å²) in [5.41, 5.74) is 1.45. The normalized spacial score (nSPS) is 44.6. The van der Waals surface area contributed by atoms with Gasteiger partial charge in [-0.15, -0.1) is 0 Å². The van der Waals surface area contributed by atoms with Gasteiger partial charge in [0.25, 0.3) is 0 Å². The van der Waals surface area contributed by atoms with Crippen LogP contribution in [-0.4, -0.2) is 18.0 Å².